The molecule has 0 aromatic carbocycles. The molecule has 1 atom stereocenters. The summed E-state index contributed by atoms with van der Waals surface area (Å²) < 4.78 is 0. The summed E-state index contributed by atoms with van der Waals surface area (Å²) in [5, 5.41) is 0. The standard InChI is InChI=1S/C16H28N2/c1-18-4-2-3-16(17,11-18)15-8-12-5-13(9-15)7-14(6-12)10-15/h12-14H,2-11,17H2,1H3. The quantitative estimate of drug-likeness (QED) is 0.773. The Morgan fingerprint density at radius 1 is 1.00 bits per heavy atom. The third-order valence-electron chi connectivity index (χ3n) is 6.81. The molecule has 18 heavy (non-hydrogen) atoms. The number of hydrogen-bond acceptors (Lipinski definition) is 2. The van der Waals surface area contributed by atoms with Crippen LogP contribution in [0, 0.1) is 23.2 Å². The number of rotatable bonds is 1. The molecule has 2 N–H and O–H groups in total. The largest absolute Gasteiger partial charge is 0.324 e. The normalized spacial score (nSPS) is 56.0. The molecule has 102 valence electrons. The summed E-state index contributed by atoms with van der Waals surface area (Å²) in [6.45, 7) is 2.41. The van der Waals surface area contributed by atoms with Crippen LogP contribution in [0.2, 0.25) is 0 Å². The lowest BCUT2D eigenvalue weighted by molar-refractivity contribution is -0.112. The minimum absolute atomic E-state index is 0.135. The molecule has 0 radical (unpaired) electrons. The van der Waals surface area contributed by atoms with Gasteiger partial charge in [-0.2, -0.15) is 0 Å². The third-order valence-corrected chi connectivity index (χ3v) is 6.81. The second-order valence-electron chi connectivity index (χ2n) is 8.20. The van der Waals surface area contributed by atoms with Crippen molar-refractivity contribution in [1.82, 2.24) is 4.90 Å². The van der Waals surface area contributed by atoms with Crippen LogP contribution in [0.25, 0.3) is 0 Å². The number of likely N-dealkylation sites (tertiary alicyclic amines) is 1. The SMILES string of the molecule is CN1CCCC(N)(C23CC4CC(CC(C4)C2)C3)C1. The first-order valence-corrected chi connectivity index (χ1v) is 8.06. The van der Waals surface area contributed by atoms with Crippen molar-refractivity contribution in [3.8, 4) is 0 Å². The second kappa shape index (κ2) is 3.73. The van der Waals surface area contributed by atoms with Crippen molar-refractivity contribution in [2.24, 2.45) is 28.9 Å². The molecule has 2 heteroatoms. The van der Waals surface area contributed by atoms with Crippen LogP contribution >= 0.6 is 0 Å². The molecule has 0 aromatic heterocycles. The Kier molecular flexibility index (Phi) is 2.43. The zero-order chi connectivity index (χ0) is 12.4. The van der Waals surface area contributed by atoms with Gasteiger partial charge in [-0.15, -0.1) is 0 Å². The van der Waals surface area contributed by atoms with Gasteiger partial charge in [-0.1, -0.05) is 0 Å². The molecular weight excluding hydrogens is 220 g/mol. The Bertz CT molecular complexity index is 316. The second-order valence-corrected chi connectivity index (χ2v) is 8.20. The predicted molar refractivity (Wildman–Crippen MR) is 74.3 cm³/mol. The van der Waals surface area contributed by atoms with Gasteiger partial charge in [0.05, 0.1) is 0 Å². The summed E-state index contributed by atoms with van der Waals surface area (Å²) in [4.78, 5) is 2.49. The molecule has 4 bridgehead atoms. The van der Waals surface area contributed by atoms with E-state index in [0.717, 1.165) is 24.3 Å². The minimum atomic E-state index is 0.135. The molecule has 5 aliphatic rings. The first kappa shape index (κ1) is 11.7. The van der Waals surface area contributed by atoms with Crippen molar-refractivity contribution < 1.29 is 0 Å². The molecule has 1 saturated heterocycles. The summed E-state index contributed by atoms with van der Waals surface area (Å²) >= 11 is 0. The Morgan fingerprint density at radius 3 is 2.06 bits per heavy atom. The molecule has 5 fully saturated rings. The maximum Gasteiger partial charge on any atom is 0.0341 e. The fraction of sp³-hybridized carbons (Fsp3) is 1.00. The number of piperidine rings is 1. The van der Waals surface area contributed by atoms with Crippen molar-refractivity contribution >= 4 is 0 Å². The zero-order valence-corrected chi connectivity index (χ0v) is 11.8. The highest BCUT2D eigenvalue weighted by atomic mass is 15.1. The van der Waals surface area contributed by atoms with Crippen LogP contribution in [0.5, 0.6) is 0 Å². The van der Waals surface area contributed by atoms with Crippen LogP contribution in [0.3, 0.4) is 0 Å². The maximum atomic E-state index is 7.01. The van der Waals surface area contributed by atoms with Gasteiger partial charge in [0.25, 0.3) is 0 Å². The number of nitrogens with zero attached hydrogens (tertiary/aromatic N) is 1. The van der Waals surface area contributed by atoms with E-state index in [1.54, 1.807) is 0 Å². The van der Waals surface area contributed by atoms with Gasteiger partial charge in [0.15, 0.2) is 0 Å². The smallest absolute Gasteiger partial charge is 0.0341 e. The van der Waals surface area contributed by atoms with Crippen LogP contribution in [0.4, 0.5) is 0 Å². The Balaban J connectivity index is 1.66. The van der Waals surface area contributed by atoms with E-state index in [2.05, 4.69) is 11.9 Å². The molecule has 5 rings (SSSR count). The maximum absolute atomic E-state index is 7.01. The molecular formula is C16H28N2. The average Bonchev–Trinajstić information content (AvgIpc) is 2.26. The van der Waals surface area contributed by atoms with Gasteiger partial charge in [0, 0.05) is 12.1 Å². The van der Waals surface area contributed by atoms with E-state index in [1.807, 2.05) is 0 Å². The van der Waals surface area contributed by atoms with Gasteiger partial charge in [0.1, 0.15) is 0 Å². The minimum Gasteiger partial charge on any atom is -0.324 e. The number of hydrogen-bond donors (Lipinski definition) is 1. The van der Waals surface area contributed by atoms with E-state index in [-0.39, 0.29) is 5.54 Å². The lowest BCUT2D eigenvalue weighted by Gasteiger charge is -2.64. The van der Waals surface area contributed by atoms with E-state index in [4.69, 9.17) is 5.73 Å². The first-order valence-electron chi connectivity index (χ1n) is 8.06. The number of likely N-dealkylation sites (N-methyl/N-ethyl adjacent to an activating group) is 1. The van der Waals surface area contributed by atoms with Gasteiger partial charge >= 0.3 is 0 Å². The molecule has 4 saturated carbocycles. The molecule has 1 heterocycles. The van der Waals surface area contributed by atoms with Crippen LogP contribution in [-0.4, -0.2) is 30.6 Å². The van der Waals surface area contributed by atoms with Crippen LogP contribution in [-0.2, 0) is 0 Å². The Labute approximate surface area is 111 Å². The molecule has 4 aliphatic carbocycles. The van der Waals surface area contributed by atoms with E-state index in [0.29, 0.717) is 5.41 Å². The fourth-order valence-corrected chi connectivity index (χ4v) is 6.46. The van der Waals surface area contributed by atoms with E-state index >= 15 is 0 Å². The highest BCUT2D eigenvalue weighted by molar-refractivity contribution is 5.13. The van der Waals surface area contributed by atoms with Crippen LogP contribution in [0.1, 0.15) is 51.4 Å². The zero-order valence-electron chi connectivity index (χ0n) is 11.8. The fourth-order valence-electron chi connectivity index (χ4n) is 6.46. The lowest BCUT2D eigenvalue weighted by Crippen LogP contribution is -2.67. The summed E-state index contributed by atoms with van der Waals surface area (Å²) in [7, 11) is 2.27. The Morgan fingerprint density at radius 2 is 1.56 bits per heavy atom. The third kappa shape index (κ3) is 1.54. The van der Waals surface area contributed by atoms with Crippen molar-refractivity contribution in [1.29, 1.82) is 0 Å². The van der Waals surface area contributed by atoms with Crippen LogP contribution < -0.4 is 5.73 Å². The summed E-state index contributed by atoms with van der Waals surface area (Å²) in [5.41, 5.74) is 7.67. The molecule has 1 aliphatic heterocycles. The summed E-state index contributed by atoms with van der Waals surface area (Å²) in [6.07, 6.45) is 11.6. The van der Waals surface area contributed by atoms with Crippen molar-refractivity contribution in [3.05, 3.63) is 0 Å². The first-order chi connectivity index (χ1) is 8.59. The Hall–Kier alpha value is -0.0800. The van der Waals surface area contributed by atoms with Crippen molar-refractivity contribution in [3.63, 3.8) is 0 Å². The lowest BCUT2D eigenvalue weighted by atomic mass is 9.44. The molecule has 0 aromatic rings. The predicted octanol–water partition coefficient (Wildman–Crippen LogP) is 2.63. The molecule has 2 nitrogen and oxygen atoms in total. The summed E-state index contributed by atoms with van der Waals surface area (Å²) in [5.74, 6) is 3.09. The van der Waals surface area contributed by atoms with Crippen molar-refractivity contribution in [2.45, 2.75) is 56.9 Å². The van der Waals surface area contributed by atoms with Gasteiger partial charge in [0.2, 0.25) is 0 Å². The molecule has 0 amide bonds. The van der Waals surface area contributed by atoms with Gasteiger partial charge in [-0.25, -0.2) is 0 Å². The summed E-state index contributed by atoms with van der Waals surface area (Å²) in [6, 6.07) is 0. The highest BCUT2D eigenvalue weighted by Gasteiger charge is 2.59. The molecule has 1 unspecified atom stereocenters. The number of nitrogens with two attached hydrogens (primary N) is 1. The van der Waals surface area contributed by atoms with E-state index in [1.165, 1.54) is 57.9 Å². The highest BCUT2D eigenvalue weighted by Crippen LogP contribution is 2.64. The van der Waals surface area contributed by atoms with Gasteiger partial charge < -0.3 is 10.6 Å². The molecule has 0 spiro atoms. The van der Waals surface area contributed by atoms with Crippen LogP contribution in [0.15, 0.2) is 0 Å². The van der Waals surface area contributed by atoms with Gasteiger partial charge in [-0.05, 0) is 88.1 Å². The topological polar surface area (TPSA) is 29.3 Å². The monoisotopic (exact) mass is 248 g/mol. The van der Waals surface area contributed by atoms with E-state index in [9.17, 15) is 0 Å². The van der Waals surface area contributed by atoms with Crippen molar-refractivity contribution in [2.75, 3.05) is 20.1 Å². The van der Waals surface area contributed by atoms with E-state index < -0.39 is 0 Å². The van der Waals surface area contributed by atoms with Gasteiger partial charge in [-0.3, -0.25) is 0 Å². The average molecular weight is 248 g/mol.